The average Bonchev–Trinajstić information content (AvgIpc) is 2.66. The van der Waals surface area contributed by atoms with Crippen LogP contribution in [0.2, 0.25) is 10.0 Å². The summed E-state index contributed by atoms with van der Waals surface area (Å²) in [6.07, 6.45) is 7.00. The molecule has 116 valence electrons. The lowest BCUT2D eigenvalue weighted by molar-refractivity contribution is -0.124. The van der Waals surface area contributed by atoms with E-state index < -0.39 is 11.4 Å². The van der Waals surface area contributed by atoms with Crippen LogP contribution in [-0.2, 0) is 10.3 Å². The van der Waals surface area contributed by atoms with E-state index in [2.05, 4.69) is 5.32 Å². The van der Waals surface area contributed by atoms with Crippen LogP contribution in [0, 0.1) is 0 Å². The molecule has 1 unspecified atom stereocenters. The van der Waals surface area contributed by atoms with E-state index in [1.165, 1.54) is 25.7 Å². The van der Waals surface area contributed by atoms with Gasteiger partial charge in [-0.15, -0.1) is 0 Å². The van der Waals surface area contributed by atoms with Crippen LogP contribution in [0.1, 0.15) is 51.0 Å². The summed E-state index contributed by atoms with van der Waals surface area (Å²) >= 11 is 12.2. The number of benzene rings is 1. The van der Waals surface area contributed by atoms with E-state index in [4.69, 9.17) is 28.9 Å². The van der Waals surface area contributed by atoms with Gasteiger partial charge in [-0.1, -0.05) is 55.0 Å². The fourth-order valence-electron chi connectivity index (χ4n) is 3.01. The lowest BCUT2D eigenvalue weighted by Gasteiger charge is -2.33. The predicted octanol–water partition coefficient (Wildman–Crippen LogP) is 4.01. The van der Waals surface area contributed by atoms with Crippen molar-refractivity contribution in [3.05, 3.63) is 33.8 Å². The zero-order valence-electron chi connectivity index (χ0n) is 12.3. The van der Waals surface area contributed by atoms with Gasteiger partial charge in [0.05, 0.1) is 0 Å². The molecular weight excluding hydrogens is 307 g/mol. The molecule has 0 heterocycles. The molecule has 1 aromatic rings. The maximum atomic E-state index is 12.1. The Morgan fingerprint density at radius 1 is 1.24 bits per heavy atom. The van der Waals surface area contributed by atoms with Crippen molar-refractivity contribution < 1.29 is 4.79 Å². The van der Waals surface area contributed by atoms with E-state index in [0.29, 0.717) is 15.6 Å². The summed E-state index contributed by atoms with van der Waals surface area (Å²) < 4.78 is 0. The van der Waals surface area contributed by atoms with Gasteiger partial charge in [0.15, 0.2) is 0 Å². The SMILES string of the molecule is CC(NC1CCCCCC1)(C(N)=O)c1ccc(Cl)cc1Cl. The zero-order valence-corrected chi connectivity index (χ0v) is 13.8. The number of halogens is 2. The third-order valence-corrected chi connectivity index (χ3v) is 4.86. The number of carbonyl (C=O) groups excluding carboxylic acids is 1. The van der Waals surface area contributed by atoms with Crippen LogP contribution < -0.4 is 11.1 Å². The van der Waals surface area contributed by atoms with Crippen molar-refractivity contribution >= 4 is 29.1 Å². The Kier molecular flexibility index (Phi) is 5.53. The maximum absolute atomic E-state index is 12.1. The summed E-state index contributed by atoms with van der Waals surface area (Å²) in [5.74, 6) is -0.420. The van der Waals surface area contributed by atoms with Gasteiger partial charge < -0.3 is 5.73 Å². The Hall–Kier alpha value is -0.770. The Labute approximate surface area is 136 Å². The van der Waals surface area contributed by atoms with Crippen LogP contribution in [0.3, 0.4) is 0 Å². The average molecular weight is 329 g/mol. The zero-order chi connectivity index (χ0) is 15.5. The standard InChI is InChI=1S/C16H22Cl2N2O/c1-16(15(19)21,13-9-8-11(17)10-14(13)18)20-12-6-4-2-3-5-7-12/h8-10,12,20H,2-7H2,1H3,(H2,19,21). The number of hydrogen-bond donors (Lipinski definition) is 2. The molecule has 1 aromatic carbocycles. The molecule has 0 radical (unpaired) electrons. The van der Waals surface area contributed by atoms with Crippen LogP contribution >= 0.6 is 23.2 Å². The summed E-state index contributed by atoms with van der Waals surface area (Å²) in [5, 5.41) is 4.46. The van der Waals surface area contributed by atoms with E-state index in [9.17, 15) is 4.79 Å². The fraction of sp³-hybridized carbons (Fsp3) is 0.562. The van der Waals surface area contributed by atoms with Gasteiger partial charge in [-0.2, -0.15) is 0 Å². The summed E-state index contributed by atoms with van der Waals surface area (Å²) in [6, 6.07) is 5.45. The topological polar surface area (TPSA) is 55.1 Å². The first-order chi connectivity index (χ1) is 9.93. The summed E-state index contributed by atoms with van der Waals surface area (Å²) in [4.78, 5) is 12.1. The summed E-state index contributed by atoms with van der Waals surface area (Å²) in [6.45, 7) is 1.80. The first kappa shape index (κ1) is 16.6. The first-order valence-corrected chi connectivity index (χ1v) is 8.22. The van der Waals surface area contributed by atoms with E-state index in [0.717, 1.165) is 12.8 Å². The van der Waals surface area contributed by atoms with Gasteiger partial charge in [-0.3, -0.25) is 10.1 Å². The number of carbonyl (C=O) groups is 1. The molecule has 21 heavy (non-hydrogen) atoms. The van der Waals surface area contributed by atoms with Gasteiger partial charge in [0.25, 0.3) is 0 Å². The van der Waals surface area contributed by atoms with Crippen molar-refractivity contribution in [2.75, 3.05) is 0 Å². The smallest absolute Gasteiger partial charge is 0.242 e. The normalized spacial score (nSPS) is 19.8. The van der Waals surface area contributed by atoms with Crippen molar-refractivity contribution in [3.63, 3.8) is 0 Å². The van der Waals surface area contributed by atoms with Gasteiger partial charge in [0, 0.05) is 21.7 Å². The molecule has 1 amide bonds. The molecule has 0 saturated heterocycles. The van der Waals surface area contributed by atoms with Crippen molar-refractivity contribution in [2.24, 2.45) is 5.73 Å². The van der Waals surface area contributed by atoms with E-state index in [1.54, 1.807) is 25.1 Å². The Bertz CT molecular complexity index is 513. The first-order valence-electron chi connectivity index (χ1n) is 7.46. The highest BCUT2D eigenvalue weighted by Crippen LogP contribution is 2.32. The highest BCUT2D eigenvalue weighted by atomic mass is 35.5. The molecule has 3 N–H and O–H groups in total. The maximum Gasteiger partial charge on any atom is 0.242 e. The predicted molar refractivity (Wildman–Crippen MR) is 87.6 cm³/mol. The number of nitrogens with one attached hydrogen (secondary N) is 1. The molecule has 0 spiro atoms. The fourth-order valence-corrected chi connectivity index (χ4v) is 3.61. The largest absolute Gasteiger partial charge is 0.368 e. The second-order valence-electron chi connectivity index (χ2n) is 5.95. The molecule has 1 aliphatic carbocycles. The van der Waals surface area contributed by atoms with Crippen LogP contribution in [0.25, 0.3) is 0 Å². The minimum atomic E-state index is -0.976. The molecule has 0 aliphatic heterocycles. The number of amides is 1. The summed E-state index contributed by atoms with van der Waals surface area (Å²) in [5.41, 5.74) is 5.38. The Morgan fingerprint density at radius 2 is 1.86 bits per heavy atom. The van der Waals surface area contributed by atoms with Crippen molar-refractivity contribution in [2.45, 2.75) is 57.0 Å². The highest BCUT2D eigenvalue weighted by Gasteiger charge is 2.37. The molecule has 3 nitrogen and oxygen atoms in total. The molecule has 2 rings (SSSR count). The number of rotatable bonds is 4. The van der Waals surface area contributed by atoms with E-state index in [-0.39, 0.29) is 6.04 Å². The van der Waals surface area contributed by atoms with E-state index in [1.807, 2.05) is 0 Å². The van der Waals surface area contributed by atoms with Crippen molar-refractivity contribution in [1.29, 1.82) is 0 Å². The third kappa shape index (κ3) is 3.91. The molecular formula is C16H22Cl2N2O. The van der Waals surface area contributed by atoms with Gasteiger partial charge >= 0.3 is 0 Å². The van der Waals surface area contributed by atoms with Crippen molar-refractivity contribution in [1.82, 2.24) is 5.32 Å². The minimum Gasteiger partial charge on any atom is -0.368 e. The van der Waals surface area contributed by atoms with E-state index >= 15 is 0 Å². The minimum absolute atomic E-state index is 0.289. The molecule has 0 bridgehead atoms. The molecule has 0 aromatic heterocycles. The number of hydrogen-bond acceptors (Lipinski definition) is 2. The number of primary amides is 1. The van der Waals surface area contributed by atoms with Crippen LogP contribution in [0.4, 0.5) is 0 Å². The van der Waals surface area contributed by atoms with Gasteiger partial charge in [0.1, 0.15) is 5.54 Å². The Balaban J connectivity index is 2.28. The van der Waals surface area contributed by atoms with Gasteiger partial charge in [-0.25, -0.2) is 0 Å². The highest BCUT2D eigenvalue weighted by molar-refractivity contribution is 6.35. The lowest BCUT2D eigenvalue weighted by atomic mass is 9.89. The van der Waals surface area contributed by atoms with Crippen LogP contribution in [0.15, 0.2) is 18.2 Å². The van der Waals surface area contributed by atoms with Crippen LogP contribution in [0.5, 0.6) is 0 Å². The molecule has 1 saturated carbocycles. The lowest BCUT2D eigenvalue weighted by Crippen LogP contribution is -2.54. The quantitative estimate of drug-likeness (QED) is 0.820. The monoisotopic (exact) mass is 328 g/mol. The number of nitrogens with two attached hydrogens (primary N) is 1. The third-order valence-electron chi connectivity index (χ3n) is 4.31. The summed E-state index contributed by atoms with van der Waals surface area (Å²) in [7, 11) is 0. The van der Waals surface area contributed by atoms with Crippen LogP contribution in [-0.4, -0.2) is 11.9 Å². The Morgan fingerprint density at radius 3 is 2.38 bits per heavy atom. The van der Waals surface area contributed by atoms with Crippen molar-refractivity contribution in [3.8, 4) is 0 Å². The van der Waals surface area contributed by atoms with Gasteiger partial charge in [0.2, 0.25) is 5.91 Å². The molecule has 1 fully saturated rings. The van der Waals surface area contributed by atoms with Gasteiger partial charge in [-0.05, 0) is 31.9 Å². The molecule has 1 aliphatic rings. The second kappa shape index (κ2) is 6.99. The molecule has 1 atom stereocenters. The molecule has 5 heteroatoms. The second-order valence-corrected chi connectivity index (χ2v) is 6.79.